The molecular formula is C11H16N4S. The molecule has 0 aromatic carbocycles. The summed E-state index contributed by atoms with van der Waals surface area (Å²) in [7, 11) is 3.94. The first-order valence-electron chi connectivity index (χ1n) is 5.25. The summed E-state index contributed by atoms with van der Waals surface area (Å²) in [6.45, 7) is 2.03. The van der Waals surface area contributed by atoms with Crippen LogP contribution in [0.15, 0.2) is 17.9 Å². The average Bonchev–Trinajstić information content (AvgIpc) is 2.84. The monoisotopic (exact) mass is 236 g/mol. The van der Waals surface area contributed by atoms with Gasteiger partial charge in [-0.3, -0.25) is 0 Å². The Morgan fingerprint density at radius 1 is 1.56 bits per heavy atom. The lowest BCUT2D eigenvalue weighted by Crippen LogP contribution is -2.19. The number of aromatic nitrogens is 3. The van der Waals surface area contributed by atoms with Crippen LogP contribution in [0.1, 0.15) is 22.4 Å². The third-order valence-corrected chi connectivity index (χ3v) is 3.33. The van der Waals surface area contributed by atoms with E-state index < -0.39 is 0 Å². The first-order valence-corrected chi connectivity index (χ1v) is 6.13. The maximum Gasteiger partial charge on any atom is 0.0947 e. The molecule has 0 spiro atoms. The number of thiazole rings is 1. The van der Waals surface area contributed by atoms with Gasteiger partial charge in [-0.05, 0) is 14.0 Å². The van der Waals surface area contributed by atoms with Crippen LogP contribution in [-0.2, 0) is 13.5 Å². The van der Waals surface area contributed by atoms with Crippen LogP contribution in [-0.4, -0.2) is 21.6 Å². The number of nitrogens with one attached hydrogen (secondary N) is 1. The maximum absolute atomic E-state index is 4.47. The molecule has 5 heteroatoms. The molecule has 0 saturated heterocycles. The lowest BCUT2D eigenvalue weighted by Gasteiger charge is -2.11. The number of aryl methyl sites for hydroxylation is 2. The van der Waals surface area contributed by atoms with Gasteiger partial charge in [-0.15, -0.1) is 11.3 Å². The Balaban J connectivity index is 2.12. The van der Waals surface area contributed by atoms with Crippen LogP contribution in [0.4, 0.5) is 0 Å². The highest BCUT2D eigenvalue weighted by molar-refractivity contribution is 7.09. The summed E-state index contributed by atoms with van der Waals surface area (Å²) >= 11 is 1.69. The fourth-order valence-corrected chi connectivity index (χ4v) is 2.30. The quantitative estimate of drug-likeness (QED) is 0.878. The second-order valence-electron chi connectivity index (χ2n) is 3.87. The molecule has 0 amide bonds. The van der Waals surface area contributed by atoms with E-state index in [9.17, 15) is 0 Å². The van der Waals surface area contributed by atoms with Crippen molar-refractivity contribution in [1.82, 2.24) is 19.9 Å². The largest absolute Gasteiger partial charge is 0.340 e. The summed E-state index contributed by atoms with van der Waals surface area (Å²) in [6, 6.07) is 0.239. The molecule has 1 unspecified atom stereocenters. The zero-order valence-electron chi connectivity index (χ0n) is 9.77. The van der Waals surface area contributed by atoms with Crippen molar-refractivity contribution in [3.05, 3.63) is 34.3 Å². The first-order chi connectivity index (χ1) is 7.69. The average molecular weight is 236 g/mol. The van der Waals surface area contributed by atoms with Crippen molar-refractivity contribution < 1.29 is 0 Å². The molecule has 1 atom stereocenters. The van der Waals surface area contributed by atoms with Crippen molar-refractivity contribution in [3.63, 3.8) is 0 Å². The van der Waals surface area contributed by atoms with Gasteiger partial charge in [0.2, 0.25) is 0 Å². The molecule has 1 N–H and O–H groups in total. The predicted molar refractivity (Wildman–Crippen MR) is 65.6 cm³/mol. The van der Waals surface area contributed by atoms with Crippen LogP contribution in [0.3, 0.4) is 0 Å². The fraction of sp³-hybridized carbons (Fsp3) is 0.455. The van der Waals surface area contributed by atoms with E-state index in [2.05, 4.69) is 20.7 Å². The molecule has 0 aliphatic heterocycles. The standard InChI is InChI=1S/C11H16N4S/c1-8-14-9(6-16-8)4-10(12-2)11-5-15(3)7-13-11/h5-7,10,12H,4H2,1-3H3. The zero-order valence-corrected chi connectivity index (χ0v) is 10.6. The number of nitrogens with zero attached hydrogens (tertiary/aromatic N) is 3. The molecular weight excluding hydrogens is 220 g/mol. The van der Waals surface area contributed by atoms with Gasteiger partial charge in [-0.2, -0.15) is 0 Å². The van der Waals surface area contributed by atoms with Gasteiger partial charge in [0, 0.05) is 25.0 Å². The molecule has 0 fully saturated rings. The van der Waals surface area contributed by atoms with Crippen LogP contribution in [0.5, 0.6) is 0 Å². The molecule has 0 bridgehead atoms. The van der Waals surface area contributed by atoms with Crippen molar-refractivity contribution >= 4 is 11.3 Å². The Hall–Kier alpha value is -1.20. The number of imidazole rings is 1. The van der Waals surface area contributed by atoms with E-state index in [1.807, 2.05) is 38.1 Å². The molecule has 2 rings (SSSR count). The molecule has 4 nitrogen and oxygen atoms in total. The summed E-state index contributed by atoms with van der Waals surface area (Å²) in [6.07, 6.45) is 4.75. The van der Waals surface area contributed by atoms with E-state index in [1.165, 1.54) is 0 Å². The molecule has 0 aliphatic rings. The summed E-state index contributed by atoms with van der Waals surface area (Å²) in [5.74, 6) is 0. The molecule has 0 saturated carbocycles. The molecule has 0 radical (unpaired) electrons. The molecule has 0 aliphatic carbocycles. The number of likely N-dealkylation sites (N-methyl/N-ethyl adjacent to an activating group) is 1. The molecule has 86 valence electrons. The second-order valence-corrected chi connectivity index (χ2v) is 4.93. The van der Waals surface area contributed by atoms with Crippen LogP contribution >= 0.6 is 11.3 Å². The smallest absolute Gasteiger partial charge is 0.0947 e. The van der Waals surface area contributed by atoms with Crippen molar-refractivity contribution in [2.75, 3.05) is 7.05 Å². The zero-order chi connectivity index (χ0) is 11.5. The fourth-order valence-electron chi connectivity index (χ4n) is 1.68. The third-order valence-electron chi connectivity index (χ3n) is 2.51. The van der Waals surface area contributed by atoms with Crippen LogP contribution in [0.25, 0.3) is 0 Å². The topological polar surface area (TPSA) is 42.7 Å². The van der Waals surface area contributed by atoms with Gasteiger partial charge in [0.25, 0.3) is 0 Å². The molecule has 2 aromatic heterocycles. The van der Waals surface area contributed by atoms with Crippen LogP contribution in [0, 0.1) is 6.92 Å². The van der Waals surface area contributed by atoms with Gasteiger partial charge >= 0.3 is 0 Å². The van der Waals surface area contributed by atoms with Gasteiger partial charge in [0.15, 0.2) is 0 Å². The third kappa shape index (κ3) is 2.48. The highest BCUT2D eigenvalue weighted by Gasteiger charge is 2.14. The van der Waals surface area contributed by atoms with Gasteiger partial charge in [0.05, 0.1) is 28.8 Å². The molecule has 2 aromatic rings. The number of hydrogen-bond donors (Lipinski definition) is 1. The normalized spacial score (nSPS) is 12.9. The number of rotatable bonds is 4. The van der Waals surface area contributed by atoms with Crippen molar-refractivity contribution in [2.45, 2.75) is 19.4 Å². The minimum atomic E-state index is 0.239. The van der Waals surface area contributed by atoms with Crippen molar-refractivity contribution in [1.29, 1.82) is 0 Å². The Labute approximate surface area is 99.4 Å². The molecule has 2 heterocycles. The summed E-state index contributed by atoms with van der Waals surface area (Å²) < 4.78 is 1.96. The van der Waals surface area contributed by atoms with Gasteiger partial charge in [-0.1, -0.05) is 0 Å². The van der Waals surface area contributed by atoms with Gasteiger partial charge in [-0.25, -0.2) is 9.97 Å². The Morgan fingerprint density at radius 3 is 2.88 bits per heavy atom. The van der Waals surface area contributed by atoms with E-state index in [0.717, 1.165) is 22.8 Å². The minimum absolute atomic E-state index is 0.239. The minimum Gasteiger partial charge on any atom is -0.340 e. The second kappa shape index (κ2) is 4.76. The van der Waals surface area contributed by atoms with Crippen molar-refractivity contribution in [3.8, 4) is 0 Å². The van der Waals surface area contributed by atoms with Crippen LogP contribution < -0.4 is 5.32 Å². The highest BCUT2D eigenvalue weighted by Crippen LogP contribution is 2.17. The summed E-state index contributed by atoms with van der Waals surface area (Å²) in [5, 5.41) is 6.51. The van der Waals surface area contributed by atoms with E-state index in [1.54, 1.807) is 11.3 Å². The molecule has 16 heavy (non-hydrogen) atoms. The first kappa shape index (κ1) is 11.3. The lowest BCUT2D eigenvalue weighted by molar-refractivity contribution is 0.572. The summed E-state index contributed by atoms with van der Waals surface area (Å²) in [4.78, 5) is 8.84. The van der Waals surface area contributed by atoms with E-state index in [-0.39, 0.29) is 6.04 Å². The van der Waals surface area contributed by atoms with Crippen LogP contribution in [0.2, 0.25) is 0 Å². The van der Waals surface area contributed by atoms with E-state index >= 15 is 0 Å². The Bertz CT molecular complexity index is 460. The summed E-state index contributed by atoms with van der Waals surface area (Å²) in [5.41, 5.74) is 2.20. The van der Waals surface area contributed by atoms with Crippen molar-refractivity contribution in [2.24, 2.45) is 7.05 Å². The van der Waals surface area contributed by atoms with Gasteiger partial charge < -0.3 is 9.88 Å². The van der Waals surface area contributed by atoms with E-state index in [0.29, 0.717) is 0 Å². The highest BCUT2D eigenvalue weighted by atomic mass is 32.1. The maximum atomic E-state index is 4.47. The number of hydrogen-bond acceptors (Lipinski definition) is 4. The SMILES string of the molecule is CNC(Cc1csc(C)n1)c1cn(C)cn1. The Morgan fingerprint density at radius 2 is 2.38 bits per heavy atom. The predicted octanol–water partition coefficient (Wildman–Crippen LogP) is 1.69. The lowest BCUT2D eigenvalue weighted by atomic mass is 10.1. The van der Waals surface area contributed by atoms with Gasteiger partial charge in [0.1, 0.15) is 0 Å². The van der Waals surface area contributed by atoms with E-state index in [4.69, 9.17) is 0 Å². The Kier molecular flexibility index (Phi) is 3.36.